The van der Waals surface area contributed by atoms with E-state index >= 15 is 0 Å². The third kappa shape index (κ3) is 4.14. The number of ether oxygens (including phenoxy) is 1. The van der Waals surface area contributed by atoms with Gasteiger partial charge in [0.05, 0.1) is 31.5 Å². The van der Waals surface area contributed by atoms with Crippen molar-refractivity contribution in [2.24, 2.45) is 5.92 Å². The first-order chi connectivity index (χ1) is 17.0. The summed E-state index contributed by atoms with van der Waals surface area (Å²) < 4.78 is 9.14. The molecule has 0 N–H and O–H groups in total. The van der Waals surface area contributed by atoms with Crippen molar-refractivity contribution in [3.05, 3.63) is 49.1 Å². The number of nitriles is 1. The first-order valence-electron chi connectivity index (χ1n) is 11.7. The number of amides is 2. The first-order valence-corrected chi connectivity index (χ1v) is 11.7. The Labute approximate surface area is 203 Å². The molecule has 3 aromatic rings. The van der Waals surface area contributed by atoms with E-state index in [1.165, 1.54) is 12.3 Å². The molecule has 2 aliphatic rings. The average molecular weight is 474 g/mol. The molecule has 2 aliphatic heterocycles. The van der Waals surface area contributed by atoms with Gasteiger partial charge in [0.2, 0.25) is 11.8 Å². The molecule has 0 unspecified atom stereocenters. The summed E-state index contributed by atoms with van der Waals surface area (Å²) in [5.41, 5.74) is 2.92. The van der Waals surface area contributed by atoms with Crippen LogP contribution in [0.25, 0.3) is 16.6 Å². The number of carbonyl (C=O) groups is 2. The SMILES string of the molecule is C=CC(=O)N1CC[C@H](C(=O)N2CCC(n3cc(-c4cc(OC)c5c(C#N)cnn5c4)cn3)CC2)C1. The summed E-state index contributed by atoms with van der Waals surface area (Å²) in [6.07, 6.45) is 10.9. The van der Waals surface area contributed by atoms with E-state index < -0.39 is 0 Å². The second kappa shape index (κ2) is 9.25. The number of likely N-dealkylation sites (tertiary alicyclic amines) is 2. The third-order valence-electron chi connectivity index (χ3n) is 7.03. The van der Waals surface area contributed by atoms with Crippen LogP contribution in [0.5, 0.6) is 5.75 Å². The van der Waals surface area contributed by atoms with Gasteiger partial charge in [-0.1, -0.05) is 6.58 Å². The van der Waals surface area contributed by atoms with Crippen molar-refractivity contribution in [2.45, 2.75) is 25.3 Å². The Morgan fingerprint density at radius 2 is 1.89 bits per heavy atom. The molecular formula is C25H27N7O3. The fourth-order valence-electron chi connectivity index (χ4n) is 5.07. The molecule has 2 fully saturated rings. The van der Waals surface area contributed by atoms with Crippen molar-refractivity contribution in [1.82, 2.24) is 29.2 Å². The van der Waals surface area contributed by atoms with Crippen molar-refractivity contribution < 1.29 is 14.3 Å². The summed E-state index contributed by atoms with van der Waals surface area (Å²) in [6.45, 7) is 5.97. The number of hydrogen-bond donors (Lipinski definition) is 0. The van der Waals surface area contributed by atoms with Gasteiger partial charge in [0.15, 0.2) is 0 Å². The molecule has 0 radical (unpaired) electrons. The zero-order valence-corrected chi connectivity index (χ0v) is 19.6. The highest BCUT2D eigenvalue weighted by atomic mass is 16.5. The maximum atomic E-state index is 13.0. The van der Waals surface area contributed by atoms with Gasteiger partial charge in [0.1, 0.15) is 22.9 Å². The molecule has 5 rings (SSSR count). The molecule has 0 aliphatic carbocycles. The Balaban J connectivity index is 1.25. The van der Waals surface area contributed by atoms with E-state index in [-0.39, 0.29) is 23.8 Å². The fraction of sp³-hybridized carbons (Fsp3) is 0.400. The molecule has 180 valence electrons. The van der Waals surface area contributed by atoms with Crippen molar-refractivity contribution in [3.63, 3.8) is 0 Å². The van der Waals surface area contributed by atoms with E-state index in [2.05, 4.69) is 22.8 Å². The van der Waals surface area contributed by atoms with Crippen LogP contribution in [-0.4, -0.2) is 74.3 Å². The predicted molar refractivity (Wildman–Crippen MR) is 127 cm³/mol. The predicted octanol–water partition coefficient (Wildman–Crippen LogP) is 2.28. The molecule has 2 saturated heterocycles. The average Bonchev–Trinajstić information content (AvgIpc) is 3.66. The van der Waals surface area contributed by atoms with Gasteiger partial charge in [-0.25, -0.2) is 4.52 Å². The van der Waals surface area contributed by atoms with E-state index in [4.69, 9.17) is 4.74 Å². The summed E-state index contributed by atoms with van der Waals surface area (Å²) in [7, 11) is 1.58. The van der Waals surface area contributed by atoms with Crippen LogP contribution >= 0.6 is 0 Å². The lowest BCUT2D eigenvalue weighted by Gasteiger charge is -2.33. The molecule has 0 saturated carbocycles. The van der Waals surface area contributed by atoms with E-state index in [1.54, 1.807) is 16.5 Å². The molecule has 0 bridgehead atoms. The molecule has 35 heavy (non-hydrogen) atoms. The Morgan fingerprint density at radius 1 is 1.11 bits per heavy atom. The quantitative estimate of drug-likeness (QED) is 0.526. The summed E-state index contributed by atoms with van der Waals surface area (Å²) in [5.74, 6) is 0.487. The number of aromatic nitrogens is 4. The van der Waals surface area contributed by atoms with E-state index in [1.807, 2.05) is 34.2 Å². The van der Waals surface area contributed by atoms with Crippen molar-refractivity contribution >= 4 is 17.3 Å². The number of nitrogens with zero attached hydrogens (tertiary/aromatic N) is 7. The Morgan fingerprint density at radius 3 is 2.60 bits per heavy atom. The molecule has 2 amide bonds. The molecule has 10 nitrogen and oxygen atoms in total. The Bertz CT molecular complexity index is 1330. The highest BCUT2D eigenvalue weighted by Gasteiger charge is 2.34. The van der Waals surface area contributed by atoms with E-state index in [0.29, 0.717) is 49.4 Å². The van der Waals surface area contributed by atoms with Crippen LogP contribution in [0, 0.1) is 17.2 Å². The number of carbonyl (C=O) groups excluding carboxylic acids is 2. The fourth-order valence-corrected chi connectivity index (χ4v) is 5.07. The van der Waals surface area contributed by atoms with Gasteiger partial charge < -0.3 is 14.5 Å². The molecule has 1 atom stereocenters. The van der Waals surface area contributed by atoms with Crippen molar-refractivity contribution in [2.75, 3.05) is 33.3 Å². The minimum Gasteiger partial charge on any atom is -0.494 e. The van der Waals surface area contributed by atoms with Crippen LogP contribution in [-0.2, 0) is 9.59 Å². The van der Waals surface area contributed by atoms with Crippen LogP contribution in [0.4, 0.5) is 0 Å². The van der Waals surface area contributed by atoms with Gasteiger partial charge in [0.25, 0.3) is 0 Å². The van der Waals surface area contributed by atoms with Crippen LogP contribution in [0.2, 0.25) is 0 Å². The summed E-state index contributed by atoms with van der Waals surface area (Å²) in [5, 5.41) is 18.2. The summed E-state index contributed by atoms with van der Waals surface area (Å²) in [4.78, 5) is 28.4. The van der Waals surface area contributed by atoms with Crippen molar-refractivity contribution in [1.29, 1.82) is 5.26 Å². The second-order valence-electron chi connectivity index (χ2n) is 9.00. The monoisotopic (exact) mass is 473 g/mol. The maximum absolute atomic E-state index is 13.0. The number of methoxy groups -OCH3 is 1. The van der Waals surface area contributed by atoms with Crippen molar-refractivity contribution in [3.8, 4) is 22.9 Å². The molecule has 5 heterocycles. The zero-order valence-electron chi connectivity index (χ0n) is 19.6. The van der Waals surface area contributed by atoms with Gasteiger partial charge in [-0.2, -0.15) is 15.5 Å². The first kappa shape index (κ1) is 22.7. The second-order valence-corrected chi connectivity index (χ2v) is 9.00. The number of piperidine rings is 1. The largest absolute Gasteiger partial charge is 0.494 e. The molecule has 10 heteroatoms. The minimum absolute atomic E-state index is 0.108. The maximum Gasteiger partial charge on any atom is 0.245 e. The normalized spacial score (nSPS) is 18.6. The Kier molecular flexibility index (Phi) is 5.99. The lowest BCUT2D eigenvalue weighted by atomic mass is 10.0. The topological polar surface area (TPSA) is 109 Å². The zero-order chi connectivity index (χ0) is 24.5. The number of hydrogen-bond acceptors (Lipinski definition) is 6. The van der Waals surface area contributed by atoms with Gasteiger partial charge in [-0.3, -0.25) is 14.3 Å². The molecule has 0 aromatic carbocycles. The van der Waals surface area contributed by atoms with Gasteiger partial charge >= 0.3 is 0 Å². The summed E-state index contributed by atoms with van der Waals surface area (Å²) >= 11 is 0. The number of pyridine rings is 1. The van der Waals surface area contributed by atoms with Crippen LogP contribution in [0.1, 0.15) is 30.9 Å². The van der Waals surface area contributed by atoms with E-state index in [0.717, 1.165) is 24.0 Å². The number of rotatable bonds is 5. The molecule has 3 aromatic heterocycles. The number of fused-ring (bicyclic) bond motifs is 1. The van der Waals surface area contributed by atoms with Gasteiger partial charge in [0, 0.05) is 49.7 Å². The smallest absolute Gasteiger partial charge is 0.245 e. The lowest BCUT2D eigenvalue weighted by Crippen LogP contribution is -2.43. The van der Waals surface area contributed by atoms with Crippen LogP contribution in [0.3, 0.4) is 0 Å². The summed E-state index contributed by atoms with van der Waals surface area (Å²) in [6, 6.07) is 4.24. The highest BCUT2D eigenvalue weighted by molar-refractivity contribution is 5.88. The van der Waals surface area contributed by atoms with Crippen LogP contribution in [0.15, 0.2) is 43.5 Å². The standard InChI is InChI=1S/C25H27N7O3/c1-3-23(33)30-7-4-17(14-30)25(34)29-8-5-21(6-9-29)31-16-20(13-27-31)18-10-22(35-2)24-19(11-26)12-28-32(24)15-18/h3,10,12-13,15-17,21H,1,4-9,14H2,2H3/t17-/m0/s1. The third-order valence-corrected chi connectivity index (χ3v) is 7.03. The highest BCUT2D eigenvalue weighted by Crippen LogP contribution is 2.31. The molecule has 0 spiro atoms. The molecular weight excluding hydrogens is 446 g/mol. The van der Waals surface area contributed by atoms with E-state index in [9.17, 15) is 14.9 Å². The van der Waals surface area contributed by atoms with Crippen LogP contribution < -0.4 is 4.74 Å². The lowest BCUT2D eigenvalue weighted by molar-refractivity contribution is -0.136. The van der Waals surface area contributed by atoms with Gasteiger partial charge in [-0.05, 0) is 31.4 Å². The van der Waals surface area contributed by atoms with Gasteiger partial charge in [-0.15, -0.1) is 0 Å². The minimum atomic E-state index is -0.125. The Hall–Kier alpha value is -4.13.